The Morgan fingerprint density at radius 2 is 2.17 bits per heavy atom. The number of hydrogen-bond donors (Lipinski definition) is 1. The molecule has 0 radical (unpaired) electrons. The maximum atomic E-state index is 12.2. The zero-order valence-electron chi connectivity index (χ0n) is 14.0. The molecule has 128 valence electrons. The summed E-state index contributed by atoms with van der Waals surface area (Å²) >= 11 is 1.42. The molecule has 1 fully saturated rings. The van der Waals surface area contributed by atoms with Gasteiger partial charge in [0.1, 0.15) is 0 Å². The molecular formula is C17H22N4O2S. The van der Waals surface area contributed by atoms with E-state index in [0.29, 0.717) is 10.7 Å². The quantitative estimate of drug-likeness (QED) is 0.923. The van der Waals surface area contributed by atoms with E-state index < -0.39 is 0 Å². The van der Waals surface area contributed by atoms with Crippen LogP contribution in [0.4, 0.5) is 5.13 Å². The standard InChI is InChI=1S/C17H22N4O2S/c1-12-3-7-21(8-4-12)10-14-11-24-17(18-14)19-16(23)13-5-6-20(2)15(22)9-13/h5-6,9,11-12H,3-4,7-8,10H2,1-2H3,(H,18,19,23). The van der Waals surface area contributed by atoms with Crippen molar-refractivity contribution >= 4 is 22.4 Å². The lowest BCUT2D eigenvalue weighted by Crippen LogP contribution is -2.32. The van der Waals surface area contributed by atoms with Gasteiger partial charge in [0.05, 0.1) is 5.69 Å². The van der Waals surface area contributed by atoms with E-state index in [9.17, 15) is 9.59 Å². The molecule has 2 aromatic rings. The minimum Gasteiger partial charge on any atom is -0.319 e. The number of likely N-dealkylation sites (tertiary alicyclic amines) is 1. The van der Waals surface area contributed by atoms with Crippen molar-refractivity contribution in [3.63, 3.8) is 0 Å². The molecule has 6 nitrogen and oxygen atoms in total. The van der Waals surface area contributed by atoms with Crippen LogP contribution in [0, 0.1) is 5.92 Å². The second kappa shape index (κ2) is 7.27. The van der Waals surface area contributed by atoms with Crippen LogP contribution in [0.3, 0.4) is 0 Å². The van der Waals surface area contributed by atoms with E-state index in [4.69, 9.17) is 0 Å². The van der Waals surface area contributed by atoms with Crippen molar-refractivity contribution in [3.05, 3.63) is 45.3 Å². The first-order valence-electron chi connectivity index (χ1n) is 8.16. The predicted octanol–water partition coefficient (Wildman–Crippen LogP) is 2.33. The molecule has 1 amide bonds. The Hall–Kier alpha value is -1.99. The Kier molecular flexibility index (Phi) is 5.11. The summed E-state index contributed by atoms with van der Waals surface area (Å²) < 4.78 is 1.43. The van der Waals surface area contributed by atoms with E-state index in [0.717, 1.165) is 31.2 Å². The highest BCUT2D eigenvalue weighted by atomic mass is 32.1. The predicted molar refractivity (Wildman–Crippen MR) is 95.4 cm³/mol. The molecule has 3 heterocycles. The molecule has 0 atom stereocenters. The van der Waals surface area contributed by atoms with Crippen LogP contribution in [0.1, 0.15) is 35.8 Å². The number of aryl methyl sites for hydroxylation is 1. The van der Waals surface area contributed by atoms with E-state index >= 15 is 0 Å². The summed E-state index contributed by atoms with van der Waals surface area (Å²) in [5.41, 5.74) is 1.12. The molecule has 1 aliphatic heterocycles. The number of carbonyl (C=O) groups excluding carboxylic acids is 1. The fourth-order valence-corrected chi connectivity index (χ4v) is 3.44. The van der Waals surface area contributed by atoms with Crippen LogP contribution in [-0.4, -0.2) is 33.4 Å². The van der Waals surface area contributed by atoms with Crippen molar-refractivity contribution in [2.45, 2.75) is 26.3 Å². The van der Waals surface area contributed by atoms with E-state index in [1.165, 1.54) is 34.8 Å². The number of piperidine rings is 1. The smallest absolute Gasteiger partial charge is 0.257 e. The lowest BCUT2D eigenvalue weighted by Gasteiger charge is -2.29. The highest BCUT2D eigenvalue weighted by molar-refractivity contribution is 7.13. The van der Waals surface area contributed by atoms with Crippen molar-refractivity contribution in [1.82, 2.24) is 14.5 Å². The van der Waals surface area contributed by atoms with Gasteiger partial charge in [-0.3, -0.25) is 19.8 Å². The van der Waals surface area contributed by atoms with Crippen LogP contribution in [-0.2, 0) is 13.6 Å². The number of thiazole rings is 1. The number of amides is 1. The third kappa shape index (κ3) is 4.10. The molecule has 0 saturated carbocycles. The molecule has 0 unspecified atom stereocenters. The number of nitrogens with one attached hydrogen (secondary N) is 1. The highest BCUT2D eigenvalue weighted by Gasteiger charge is 2.17. The molecule has 0 spiro atoms. The van der Waals surface area contributed by atoms with Gasteiger partial charge in [-0.2, -0.15) is 0 Å². The van der Waals surface area contributed by atoms with Gasteiger partial charge in [-0.25, -0.2) is 4.98 Å². The summed E-state index contributed by atoms with van der Waals surface area (Å²) in [6, 6.07) is 2.96. The van der Waals surface area contributed by atoms with Gasteiger partial charge in [0.2, 0.25) is 0 Å². The van der Waals surface area contributed by atoms with E-state index in [-0.39, 0.29) is 11.5 Å². The van der Waals surface area contributed by atoms with Crippen LogP contribution in [0.2, 0.25) is 0 Å². The van der Waals surface area contributed by atoms with Gasteiger partial charge in [-0.1, -0.05) is 6.92 Å². The minimum atomic E-state index is -0.305. The highest BCUT2D eigenvalue weighted by Crippen LogP contribution is 2.21. The summed E-state index contributed by atoms with van der Waals surface area (Å²) in [6.45, 7) is 5.33. The van der Waals surface area contributed by atoms with Crippen molar-refractivity contribution in [2.24, 2.45) is 13.0 Å². The van der Waals surface area contributed by atoms with Crippen molar-refractivity contribution in [3.8, 4) is 0 Å². The number of pyridine rings is 1. The Morgan fingerprint density at radius 3 is 2.88 bits per heavy atom. The number of hydrogen-bond acceptors (Lipinski definition) is 5. The molecule has 7 heteroatoms. The average Bonchev–Trinajstić information content (AvgIpc) is 2.99. The summed E-state index contributed by atoms with van der Waals surface area (Å²) in [4.78, 5) is 30.7. The number of rotatable bonds is 4. The summed E-state index contributed by atoms with van der Waals surface area (Å²) in [6.07, 6.45) is 4.05. The van der Waals surface area contributed by atoms with Crippen molar-refractivity contribution < 1.29 is 4.79 Å². The maximum Gasteiger partial charge on any atom is 0.257 e. The van der Waals surface area contributed by atoms with Crippen LogP contribution in [0.25, 0.3) is 0 Å². The van der Waals surface area contributed by atoms with Crippen LogP contribution < -0.4 is 10.9 Å². The topological polar surface area (TPSA) is 67.2 Å². The van der Waals surface area contributed by atoms with Crippen molar-refractivity contribution in [1.29, 1.82) is 0 Å². The number of aromatic nitrogens is 2. The summed E-state index contributed by atoms with van der Waals surface area (Å²) in [5, 5.41) is 5.33. The lowest BCUT2D eigenvalue weighted by atomic mass is 9.99. The summed E-state index contributed by atoms with van der Waals surface area (Å²) in [5.74, 6) is 0.505. The van der Waals surface area contributed by atoms with Gasteiger partial charge in [-0.05, 0) is 37.9 Å². The zero-order valence-corrected chi connectivity index (χ0v) is 14.8. The van der Waals surface area contributed by atoms with Gasteiger partial charge in [-0.15, -0.1) is 11.3 Å². The number of carbonyl (C=O) groups is 1. The second-order valence-electron chi connectivity index (χ2n) is 6.42. The molecule has 24 heavy (non-hydrogen) atoms. The van der Waals surface area contributed by atoms with Gasteiger partial charge < -0.3 is 4.57 Å². The van der Waals surface area contributed by atoms with Crippen molar-refractivity contribution in [2.75, 3.05) is 18.4 Å². The van der Waals surface area contributed by atoms with E-state index in [1.54, 1.807) is 19.3 Å². The Bertz CT molecular complexity index is 775. The average molecular weight is 346 g/mol. The Labute approximate surface area is 145 Å². The first kappa shape index (κ1) is 16.9. The SMILES string of the molecule is CC1CCN(Cc2csc(NC(=O)c3ccn(C)c(=O)c3)n2)CC1. The second-order valence-corrected chi connectivity index (χ2v) is 7.28. The zero-order chi connectivity index (χ0) is 17.1. The Balaban J connectivity index is 1.60. The lowest BCUT2D eigenvalue weighted by molar-refractivity contribution is 0.102. The number of anilines is 1. The third-order valence-corrected chi connectivity index (χ3v) is 5.21. The maximum absolute atomic E-state index is 12.2. The monoisotopic (exact) mass is 346 g/mol. The molecule has 1 saturated heterocycles. The molecule has 2 aromatic heterocycles. The molecule has 1 N–H and O–H groups in total. The van der Waals surface area contributed by atoms with Crippen LogP contribution in [0.5, 0.6) is 0 Å². The van der Waals surface area contributed by atoms with Crippen LogP contribution >= 0.6 is 11.3 Å². The molecule has 0 aromatic carbocycles. The van der Waals surface area contributed by atoms with E-state index in [1.807, 2.05) is 5.38 Å². The normalized spacial score (nSPS) is 16.2. The van der Waals surface area contributed by atoms with Gasteiger partial charge in [0.25, 0.3) is 11.5 Å². The largest absolute Gasteiger partial charge is 0.319 e. The van der Waals surface area contributed by atoms with Gasteiger partial charge >= 0.3 is 0 Å². The van der Waals surface area contributed by atoms with Gasteiger partial charge in [0.15, 0.2) is 5.13 Å². The fraction of sp³-hybridized carbons (Fsp3) is 0.471. The van der Waals surface area contributed by atoms with E-state index in [2.05, 4.69) is 22.1 Å². The fourth-order valence-electron chi connectivity index (χ4n) is 2.75. The first-order chi connectivity index (χ1) is 11.5. The summed E-state index contributed by atoms with van der Waals surface area (Å²) in [7, 11) is 1.65. The Morgan fingerprint density at radius 1 is 1.42 bits per heavy atom. The molecule has 0 bridgehead atoms. The molecule has 1 aliphatic rings. The minimum absolute atomic E-state index is 0.207. The number of nitrogens with zero attached hydrogens (tertiary/aromatic N) is 3. The third-order valence-electron chi connectivity index (χ3n) is 4.40. The first-order valence-corrected chi connectivity index (χ1v) is 9.04. The van der Waals surface area contributed by atoms with Crippen LogP contribution in [0.15, 0.2) is 28.5 Å². The molecule has 0 aliphatic carbocycles. The van der Waals surface area contributed by atoms with Gasteiger partial charge in [0, 0.05) is 36.8 Å². The molecular weight excluding hydrogens is 324 g/mol. The molecule has 3 rings (SSSR count).